The molecule has 0 saturated carbocycles. The largest absolute Gasteiger partial charge is 0.416 e. The first-order valence-corrected chi connectivity index (χ1v) is 7.56. The minimum Gasteiger partial charge on any atom is -0.388 e. The number of halogens is 5. The first kappa shape index (κ1) is 18.9. The molecule has 27 heavy (non-hydrogen) atoms. The molecule has 3 unspecified atom stereocenters. The third-order valence-corrected chi connectivity index (χ3v) is 4.46. The standard InChI is InChI=1S/C18H10F5NO3/c19-12-3-7(4-13(20)11(12)6-24)15(25)14-16(26)9-2-1-8(18(21,22)23)5-10(9)17(14)27/h1-5,14-15,17,25,27H. The van der Waals surface area contributed by atoms with Crippen LogP contribution in [0.5, 0.6) is 0 Å². The smallest absolute Gasteiger partial charge is 0.388 e. The van der Waals surface area contributed by atoms with Crippen molar-refractivity contribution in [1.29, 1.82) is 5.26 Å². The van der Waals surface area contributed by atoms with Gasteiger partial charge >= 0.3 is 6.18 Å². The number of nitriles is 1. The quantitative estimate of drug-likeness (QED) is 0.779. The molecule has 0 fully saturated rings. The molecule has 1 aliphatic rings. The zero-order chi connectivity index (χ0) is 20.1. The average molecular weight is 383 g/mol. The number of nitrogens with zero attached hydrogens (tertiary/aromatic N) is 1. The Morgan fingerprint density at radius 3 is 2.22 bits per heavy atom. The van der Waals surface area contributed by atoms with Gasteiger partial charge in [0.15, 0.2) is 5.78 Å². The Hall–Kier alpha value is -2.83. The fourth-order valence-electron chi connectivity index (χ4n) is 3.12. The van der Waals surface area contributed by atoms with E-state index in [4.69, 9.17) is 5.26 Å². The zero-order valence-electron chi connectivity index (χ0n) is 13.3. The molecule has 2 aromatic rings. The minimum absolute atomic E-state index is 0.214. The number of carbonyl (C=O) groups excluding carboxylic acids is 1. The van der Waals surface area contributed by atoms with Crippen molar-refractivity contribution < 1.29 is 37.0 Å². The number of carbonyl (C=O) groups is 1. The number of fused-ring (bicyclic) bond motifs is 1. The molecule has 1 aliphatic carbocycles. The molecule has 4 nitrogen and oxygen atoms in total. The topological polar surface area (TPSA) is 81.3 Å². The number of hydrogen-bond donors (Lipinski definition) is 2. The lowest BCUT2D eigenvalue weighted by Crippen LogP contribution is -2.22. The van der Waals surface area contributed by atoms with Crippen LogP contribution in [0.2, 0.25) is 0 Å². The molecular weight excluding hydrogens is 373 g/mol. The van der Waals surface area contributed by atoms with Crippen molar-refractivity contribution in [3.05, 3.63) is 69.8 Å². The minimum atomic E-state index is -4.70. The van der Waals surface area contributed by atoms with Crippen LogP contribution in [0.3, 0.4) is 0 Å². The summed E-state index contributed by atoms with van der Waals surface area (Å²) in [5.74, 6) is -5.05. The van der Waals surface area contributed by atoms with E-state index in [1.165, 1.54) is 6.07 Å². The van der Waals surface area contributed by atoms with Gasteiger partial charge in [-0.15, -0.1) is 0 Å². The van der Waals surface area contributed by atoms with Crippen molar-refractivity contribution in [2.45, 2.75) is 18.4 Å². The van der Waals surface area contributed by atoms with Crippen LogP contribution in [-0.4, -0.2) is 16.0 Å². The molecule has 0 aliphatic heterocycles. The number of ketones is 1. The van der Waals surface area contributed by atoms with E-state index in [1.54, 1.807) is 0 Å². The third kappa shape index (κ3) is 3.07. The Bertz CT molecular complexity index is 957. The number of benzene rings is 2. The Morgan fingerprint density at radius 2 is 1.70 bits per heavy atom. The summed E-state index contributed by atoms with van der Waals surface area (Å²) in [6.45, 7) is 0. The van der Waals surface area contributed by atoms with Crippen molar-refractivity contribution >= 4 is 5.78 Å². The fourth-order valence-corrected chi connectivity index (χ4v) is 3.12. The maximum Gasteiger partial charge on any atom is 0.416 e. The molecular formula is C18H10F5NO3. The van der Waals surface area contributed by atoms with Gasteiger partial charge in [0, 0.05) is 5.56 Å². The van der Waals surface area contributed by atoms with Crippen LogP contribution in [0.25, 0.3) is 0 Å². The second kappa shape index (κ2) is 6.40. The highest BCUT2D eigenvalue weighted by atomic mass is 19.4. The van der Waals surface area contributed by atoms with Crippen molar-refractivity contribution in [2.24, 2.45) is 5.92 Å². The maximum atomic E-state index is 13.8. The lowest BCUT2D eigenvalue weighted by atomic mass is 9.90. The Balaban J connectivity index is 2.01. The molecule has 0 spiro atoms. The third-order valence-electron chi connectivity index (χ3n) is 4.46. The van der Waals surface area contributed by atoms with Gasteiger partial charge in [-0.05, 0) is 35.4 Å². The summed E-state index contributed by atoms with van der Waals surface area (Å²) in [5, 5.41) is 29.3. The van der Waals surface area contributed by atoms with E-state index < -0.39 is 58.4 Å². The molecule has 0 bridgehead atoms. The normalized spacial score (nSPS) is 20.3. The molecule has 0 aromatic heterocycles. The lowest BCUT2D eigenvalue weighted by molar-refractivity contribution is -0.137. The van der Waals surface area contributed by atoms with Gasteiger partial charge in [-0.3, -0.25) is 4.79 Å². The van der Waals surface area contributed by atoms with Crippen molar-refractivity contribution in [3.8, 4) is 6.07 Å². The summed E-state index contributed by atoms with van der Waals surface area (Å²) in [6.07, 6.45) is -8.40. The highest BCUT2D eigenvalue weighted by Crippen LogP contribution is 2.44. The zero-order valence-corrected chi connectivity index (χ0v) is 13.3. The van der Waals surface area contributed by atoms with Crippen LogP contribution in [0.4, 0.5) is 22.0 Å². The molecule has 0 amide bonds. The molecule has 0 heterocycles. The summed E-state index contributed by atoms with van der Waals surface area (Å²) < 4.78 is 66.0. The predicted molar refractivity (Wildman–Crippen MR) is 80.3 cm³/mol. The van der Waals surface area contributed by atoms with Gasteiger partial charge in [-0.1, -0.05) is 6.07 Å². The molecule has 140 valence electrons. The van der Waals surface area contributed by atoms with Crippen LogP contribution in [0, 0.1) is 28.9 Å². The van der Waals surface area contributed by atoms with E-state index in [0.29, 0.717) is 24.3 Å². The molecule has 0 saturated heterocycles. The van der Waals surface area contributed by atoms with Crippen molar-refractivity contribution in [1.82, 2.24) is 0 Å². The Kier molecular flexibility index (Phi) is 4.49. The second-order valence-electron chi connectivity index (χ2n) is 6.05. The maximum absolute atomic E-state index is 13.8. The SMILES string of the molecule is N#Cc1c(F)cc(C(O)C2C(=O)c3ccc(C(F)(F)F)cc3C2O)cc1F. The molecule has 9 heteroatoms. The van der Waals surface area contributed by atoms with Crippen LogP contribution in [-0.2, 0) is 6.18 Å². The second-order valence-corrected chi connectivity index (χ2v) is 6.05. The Morgan fingerprint density at radius 1 is 1.11 bits per heavy atom. The predicted octanol–water partition coefficient (Wildman–Crippen LogP) is 3.43. The molecule has 2 aromatic carbocycles. The summed E-state index contributed by atoms with van der Waals surface area (Å²) in [7, 11) is 0. The highest BCUT2D eigenvalue weighted by molar-refractivity contribution is 6.03. The summed E-state index contributed by atoms with van der Waals surface area (Å²) in [4.78, 5) is 12.4. The lowest BCUT2D eigenvalue weighted by Gasteiger charge is -2.21. The van der Waals surface area contributed by atoms with E-state index in [9.17, 15) is 37.0 Å². The fraction of sp³-hybridized carbons (Fsp3) is 0.222. The highest BCUT2D eigenvalue weighted by Gasteiger charge is 2.45. The summed E-state index contributed by atoms with van der Waals surface area (Å²) >= 11 is 0. The molecule has 3 rings (SSSR count). The van der Waals surface area contributed by atoms with Crippen LogP contribution in [0.1, 0.15) is 44.8 Å². The number of aliphatic hydroxyl groups is 2. The molecule has 2 N–H and O–H groups in total. The van der Waals surface area contributed by atoms with Crippen molar-refractivity contribution in [3.63, 3.8) is 0 Å². The van der Waals surface area contributed by atoms with Crippen LogP contribution in [0.15, 0.2) is 30.3 Å². The number of alkyl halides is 3. The van der Waals surface area contributed by atoms with E-state index in [1.807, 2.05) is 0 Å². The van der Waals surface area contributed by atoms with Gasteiger partial charge in [-0.2, -0.15) is 18.4 Å². The van der Waals surface area contributed by atoms with Crippen LogP contribution < -0.4 is 0 Å². The average Bonchev–Trinajstić information content (AvgIpc) is 2.84. The van der Waals surface area contributed by atoms with E-state index in [2.05, 4.69) is 0 Å². The van der Waals surface area contributed by atoms with E-state index >= 15 is 0 Å². The van der Waals surface area contributed by atoms with E-state index in [-0.39, 0.29) is 11.1 Å². The van der Waals surface area contributed by atoms with Gasteiger partial charge in [-0.25, -0.2) is 8.78 Å². The first-order chi connectivity index (χ1) is 12.6. The molecule has 3 atom stereocenters. The van der Waals surface area contributed by atoms with Crippen LogP contribution >= 0.6 is 0 Å². The van der Waals surface area contributed by atoms with Gasteiger partial charge in [0.1, 0.15) is 23.3 Å². The van der Waals surface area contributed by atoms with Gasteiger partial charge in [0.25, 0.3) is 0 Å². The van der Waals surface area contributed by atoms with Gasteiger partial charge in [0.2, 0.25) is 0 Å². The number of aliphatic hydroxyl groups excluding tert-OH is 2. The first-order valence-electron chi connectivity index (χ1n) is 7.56. The van der Waals surface area contributed by atoms with Gasteiger partial charge in [0.05, 0.1) is 23.7 Å². The van der Waals surface area contributed by atoms with Crippen molar-refractivity contribution in [2.75, 3.05) is 0 Å². The number of hydrogen-bond acceptors (Lipinski definition) is 4. The number of rotatable bonds is 2. The van der Waals surface area contributed by atoms with E-state index in [0.717, 1.165) is 6.07 Å². The Labute approximate surface area is 149 Å². The molecule has 0 radical (unpaired) electrons. The monoisotopic (exact) mass is 383 g/mol. The van der Waals surface area contributed by atoms with Gasteiger partial charge < -0.3 is 10.2 Å². The summed E-state index contributed by atoms with van der Waals surface area (Å²) in [6, 6.07) is 4.72. The number of Topliss-reactive ketones (excluding diaryl/α,β-unsaturated/α-hetero) is 1. The summed E-state index contributed by atoms with van der Waals surface area (Å²) in [5.41, 5.74) is -2.94.